The van der Waals surface area contributed by atoms with E-state index >= 15 is 0 Å². The number of fused-ring (bicyclic) bond motifs is 1. The zero-order chi connectivity index (χ0) is 21.5. The SMILES string of the molecule is NS(=O)(=O)c1ccc(CCN2C(=O)c3ccccc3C2(O)c2ccccc2F)cc1. The molecule has 8 heteroatoms. The van der Waals surface area contributed by atoms with Crippen LogP contribution in [0.25, 0.3) is 0 Å². The molecule has 1 aliphatic heterocycles. The molecule has 0 aromatic heterocycles. The number of aliphatic hydroxyl groups is 1. The van der Waals surface area contributed by atoms with Crippen LogP contribution in [0.5, 0.6) is 0 Å². The number of amides is 1. The maximum absolute atomic E-state index is 14.6. The van der Waals surface area contributed by atoms with Crippen LogP contribution in [0.1, 0.15) is 27.0 Å². The van der Waals surface area contributed by atoms with Crippen molar-refractivity contribution in [2.24, 2.45) is 5.14 Å². The van der Waals surface area contributed by atoms with E-state index in [1.54, 1.807) is 42.5 Å². The summed E-state index contributed by atoms with van der Waals surface area (Å²) in [5.74, 6) is -1.02. The molecule has 0 fully saturated rings. The summed E-state index contributed by atoms with van der Waals surface area (Å²) >= 11 is 0. The molecule has 1 aliphatic rings. The highest BCUT2D eigenvalue weighted by Crippen LogP contribution is 2.43. The summed E-state index contributed by atoms with van der Waals surface area (Å²) in [6, 6.07) is 18.4. The van der Waals surface area contributed by atoms with Crippen LogP contribution in [-0.4, -0.2) is 30.9 Å². The second-order valence-corrected chi connectivity index (χ2v) is 8.65. The molecule has 1 atom stereocenters. The van der Waals surface area contributed by atoms with Crippen LogP contribution >= 0.6 is 0 Å². The second kappa shape index (κ2) is 7.32. The summed E-state index contributed by atoms with van der Waals surface area (Å²) in [7, 11) is -3.80. The smallest absolute Gasteiger partial charge is 0.257 e. The van der Waals surface area contributed by atoms with E-state index in [4.69, 9.17) is 5.14 Å². The number of carbonyl (C=O) groups is 1. The Kier molecular flexibility index (Phi) is 4.93. The fourth-order valence-electron chi connectivity index (χ4n) is 3.80. The monoisotopic (exact) mass is 426 g/mol. The summed E-state index contributed by atoms with van der Waals surface area (Å²) in [6.45, 7) is 0.0903. The highest BCUT2D eigenvalue weighted by Gasteiger charge is 2.50. The van der Waals surface area contributed by atoms with Crippen LogP contribution < -0.4 is 5.14 Å². The fourth-order valence-corrected chi connectivity index (χ4v) is 4.31. The Morgan fingerprint density at radius 2 is 1.53 bits per heavy atom. The van der Waals surface area contributed by atoms with Gasteiger partial charge in [-0.2, -0.15) is 0 Å². The number of benzene rings is 3. The number of carbonyl (C=O) groups excluding carboxylic acids is 1. The van der Waals surface area contributed by atoms with Gasteiger partial charge in [0.2, 0.25) is 10.0 Å². The summed E-state index contributed by atoms with van der Waals surface area (Å²) in [4.78, 5) is 14.3. The molecule has 0 saturated carbocycles. The molecule has 3 N–H and O–H groups in total. The van der Waals surface area contributed by atoms with Crippen LogP contribution in [0.2, 0.25) is 0 Å². The van der Waals surface area contributed by atoms with E-state index < -0.39 is 27.5 Å². The third-order valence-corrected chi connectivity index (χ3v) is 6.22. The molecule has 4 rings (SSSR count). The Morgan fingerprint density at radius 1 is 0.933 bits per heavy atom. The summed E-state index contributed by atoms with van der Waals surface area (Å²) < 4.78 is 37.5. The number of hydrogen-bond donors (Lipinski definition) is 2. The Hall–Kier alpha value is -3.07. The molecule has 0 saturated heterocycles. The van der Waals surface area contributed by atoms with Crippen molar-refractivity contribution < 1.29 is 22.7 Å². The Morgan fingerprint density at radius 3 is 2.17 bits per heavy atom. The van der Waals surface area contributed by atoms with E-state index in [9.17, 15) is 22.7 Å². The highest BCUT2D eigenvalue weighted by atomic mass is 32.2. The molecule has 30 heavy (non-hydrogen) atoms. The maximum Gasteiger partial charge on any atom is 0.257 e. The van der Waals surface area contributed by atoms with Crippen molar-refractivity contribution in [3.63, 3.8) is 0 Å². The predicted octanol–water partition coefficient (Wildman–Crippen LogP) is 2.37. The number of halogens is 1. The zero-order valence-corrected chi connectivity index (χ0v) is 16.6. The Labute approximate surface area is 173 Å². The lowest BCUT2D eigenvalue weighted by molar-refractivity contribution is -0.0516. The number of nitrogens with two attached hydrogens (primary N) is 1. The molecule has 1 unspecified atom stereocenters. The first-order chi connectivity index (χ1) is 14.2. The van der Waals surface area contributed by atoms with E-state index in [2.05, 4.69) is 0 Å². The molecule has 6 nitrogen and oxygen atoms in total. The van der Waals surface area contributed by atoms with E-state index in [1.165, 1.54) is 35.2 Å². The van der Waals surface area contributed by atoms with Crippen LogP contribution in [0, 0.1) is 5.82 Å². The minimum atomic E-state index is -3.80. The van der Waals surface area contributed by atoms with Crippen molar-refractivity contribution in [2.75, 3.05) is 6.54 Å². The number of sulfonamides is 1. The van der Waals surface area contributed by atoms with Crippen LogP contribution in [0.4, 0.5) is 4.39 Å². The second-order valence-electron chi connectivity index (χ2n) is 7.09. The van der Waals surface area contributed by atoms with Gasteiger partial charge in [-0.25, -0.2) is 17.9 Å². The summed E-state index contributed by atoms with van der Waals surface area (Å²) in [5, 5.41) is 16.7. The maximum atomic E-state index is 14.6. The topological polar surface area (TPSA) is 101 Å². The first kappa shape index (κ1) is 20.2. The number of primary sulfonamides is 1. The van der Waals surface area contributed by atoms with Crippen molar-refractivity contribution in [2.45, 2.75) is 17.0 Å². The average Bonchev–Trinajstić information content (AvgIpc) is 2.94. The van der Waals surface area contributed by atoms with Gasteiger partial charge in [0, 0.05) is 23.2 Å². The fraction of sp³-hybridized carbons (Fsp3) is 0.136. The molecular formula is C22H19FN2O4S. The van der Waals surface area contributed by atoms with Gasteiger partial charge in [-0.05, 0) is 36.2 Å². The highest BCUT2D eigenvalue weighted by molar-refractivity contribution is 7.89. The van der Waals surface area contributed by atoms with E-state index in [1.807, 2.05) is 0 Å². The Balaban J connectivity index is 1.70. The minimum absolute atomic E-state index is 0.00660. The van der Waals surface area contributed by atoms with Crippen molar-refractivity contribution >= 4 is 15.9 Å². The zero-order valence-electron chi connectivity index (χ0n) is 15.8. The summed E-state index contributed by atoms with van der Waals surface area (Å²) in [5.41, 5.74) is -0.577. The largest absolute Gasteiger partial charge is 0.363 e. The minimum Gasteiger partial charge on any atom is -0.363 e. The number of rotatable bonds is 5. The van der Waals surface area contributed by atoms with Gasteiger partial charge in [-0.1, -0.05) is 48.5 Å². The van der Waals surface area contributed by atoms with Gasteiger partial charge < -0.3 is 10.0 Å². The molecule has 1 amide bonds. The van der Waals surface area contributed by atoms with Crippen molar-refractivity contribution in [3.8, 4) is 0 Å². The normalized spacial score (nSPS) is 18.5. The molecule has 3 aromatic rings. The third kappa shape index (κ3) is 3.28. The van der Waals surface area contributed by atoms with E-state index in [-0.39, 0.29) is 17.0 Å². The van der Waals surface area contributed by atoms with Gasteiger partial charge in [0.1, 0.15) is 5.82 Å². The quantitative estimate of drug-likeness (QED) is 0.654. The molecule has 3 aromatic carbocycles. The molecular weight excluding hydrogens is 407 g/mol. The lowest BCUT2D eigenvalue weighted by Crippen LogP contribution is -2.46. The first-order valence-electron chi connectivity index (χ1n) is 9.23. The van der Waals surface area contributed by atoms with Crippen molar-refractivity contribution in [1.82, 2.24) is 4.90 Å². The molecule has 0 bridgehead atoms. The molecule has 154 valence electrons. The Bertz CT molecular complexity index is 1230. The van der Waals surface area contributed by atoms with Crippen LogP contribution in [0.3, 0.4) is 0 Å². The molecule has 0 radical (unpaired) electrons. The van der Waals surface area contributed by atoms with E-state index in [0.717, 1.165) is 5.56 Å². The third-order valence-electron chi connectivity index (χ3n) is 5.29. The van der Waals surface area contributed by atoms with Gasteiger partial charge in [-0.15, -0.1) is 0 Å². The average molecular weight is 426 g/mol. The molecule has 0 aliphatic carbocycles. The van der Waals surface area contributed by atoms with Gasteiger partial charge in [0.15, 0.2) is 5.72 Å². The van der Waals surface area contributed by atoms with Crippen molar-refractivity contribution in [1.29, 1.82) is 0 Å². The van der Waals surface area contributed by atoms with Crippen LogP contribution in [0.15, 0.2) is 77.7 Å². The predicted molar refractivity (Wildman–Crippen MR) is 108 cm³/mol. The summed E-state index contributed by atoms with van der Waals surface area (Å²) in [6.07, 6.45) is 0.321. The van der Waals surface area contributed by atoms with Gasteiger partial charge in [0.05, 0.1) is 4.90 Å². The first-order valence-corrected chi connectivity index (χ1v) is 10.8. The molecule has 1 heterocycles. The lowest BCUT2D eigenvalue weighted by Gasteiger charge is -2.35. The van der Waals surface area contributed by atoms with E-state index in [0.29, 0.717) is 17.5 Å². The lowest BCUT2D eigenvalue weighted by atomic mass is 9.93. The standard InChI is InChI=1S/C22H19FN2O4S/c23-20-8-4-3-7-19(20)22(27)18-6-2-1-5-17(18)21(26)25(22)14-13-15-9-11-16(12-10-15)30(24,28)29/h1-12,27H,13-14H2,(H2,24,28,29). The van der Waals surface area contributed by atoms with Gasteiger partial charge >= 0.3 is 0 Å². The van der Waals surface area contributed by atoms with Gasteiger partial charge in [0.25, 0.3) is 5.91 Å². The van der Waals surface area contributed by atoms with Crippen molar-refractivity contribution in [3.05, 3.63) is 101 Å². The molecule has 0 spiro atoms. The van der Waals surface area contributed by atoms with Gasteiger partial charge in [-0.3, -0.25) is 4.79 Å². The number of hydrogen-bond acceptors (Lipinski definition) is 4. The van der Waals surface area contributed by atoms with Crippen LogP contribution in [-0.2, 0) is 22.2 Å². The number of nitrogens with zero attached hydrogens (tertiary/aromatic N) is 1.